The molecule has 1 N–H and O–H groups in total. The van der Waals surface area contributed by atoms with Crippen molar-refractivity contribution in [2.75, 3.05) is 0 Å². The molecule has 0 radical (unpaired) electrons. The number of halogens is 1. The van der Waals surface area contributed by atoms with E-state index in [-0.39, 0.29) is 0 Å². The van der Waals surface area contributed by atoms with E-state index >= 15 is 0 Å². The first kappa shape index (κ1) is 4.45. The van der Waals surface area contributed by atoms with Gasteiger partial charge in [-0.3, -0.25) is 4.55 Å². The van der Waals surface area contributed by atoms with Gasteiger partial charge in [0.05, 0.1) is 10.4 Å². The van der Waals surface area contributed by atoms with E-state index in [1.165, 1.54) is 0 Å². The highest BCUT2D eigenvalue weighted by Gasteiger charge is 2.07. The molecule has 3 nitrogen and oxygen atoms in total. The van der Waals surface area contributed by atoms with Gasteiger partial charge in [0.1, 0.15) is 0 Å². The Morgan fingerprint density at radius 1 is 1.36 bits per heavy atom. The predicted molar refractivity (Wildman–Crippen MR) is 41.3 cm³/mol. The number of benzene rings is 1. The Labute approximate surface area is 75.0 Å². The molecule has 0 saturated carbocycles. The van der Waals surface area contributed by atoms with Crippen LogP contribution in [0.4, 0.5) is 0 Å². The van der Waals surface area contributed by atoms with Gasteiger partial charge in [-0.1, -0.05) is 11.6 Å². The average molecular weight is 197 g/mol. The van der Waals surface area contributed by atoms with Gasteiger partial charge in [-0.25, -0.2) is 0 Å². The lowest BCUT2D eigenvalue weighted by atomic mass is 10.4. The van der Waals surface area contributed by atoms with Crippen molar-refractivity contribution in [2.24, 2.45) is 0 Å². The number of hydrogen-bond donors (Lipinski definition) is 1. The summed E-state index contributed by atoms with van der Waals surface area (Å²) in [6.45, 7) is 0. The minimum atomic E-state index is -4.80. The van der Waals surface area contributed by atoms with Gasteiger partial charge in [0.25, 0.3) is 10.1 Å². The fourth-order valence-corrected chi connectivity index (χ4v) is 0.869. The van der Waals surface area contributed by atoms with Crippen molar-refractivity contribution in [3.05, 3.63) is 29.2 Å². The quantitative estimate of drug-likeness (QED) is 0.694. The molecular formula is C6H5ClO3S. The molecule has 0 aliphatic heterocycles. The minimum absolute atomic E-state index is 0.489. The zero-order valence-electron chi connectivity index (χ0n) is 9.05. The van der Waals surface area contributed by atoms with E-state index in [4.69, 9.17) is 21.6 Å². The largest absolute Gasteiger partial charge is 0.294 e. The van der Waals surface area contributed by atoms with Crippen molar-refractivity contribution in [3.63, 3.8) is 0 Å². The lowest BCUT2D eigenvalue weighted by molar-refractivity contribution is 0.483. The van der Waals surface area contributed by atoms with Crippen LogP contribution in [0.25, 0.3) is 0 Å². The molecule has 1 aromatic carbocycles. The molecule has 1 aromatic rings. The topological polar surface area (TPSA) is 54.4 Å². The lowest BCUT2D eigenvalue weighted by Crippen LogP contribution is -1.96. The van der Waals surface area contributed by atoms with Crippen LogP contribution in [-0.2, 0) is 10.1 Å². The summed E-state index contributed by atoms with van der Waals surface area (Å²) in [6, 6.07) is -3.18. The van der Waals surface area contributed by atoms with Crippen LogP contribution >= 0.6 is 11.6 Å². The summed E-state index contributed by atoms with van der Waals surface area (Å²) in [6.07, 6.45) is 0. The van der Waals surface area contributed by atoms with Crippen LogP contribution in [-0.4, -0.2) is 13.0 Å². The van der Waals surface area contributed by atoms with E-state index in [2.05, 4.69) is 0 Å². The Hall–Kier alpha value is -0.580. The van der Waals surface area contributed by atoms with Crippen LogP contribution in [0.5, 0.6) is 0 Å². The highest BCUT2D eigenvalue weighted by molar-refractivity contribution is 7.85. The highest BCUT2D eigenvalue weighted by Crippen LogP contribution is 2.12. The van der Waals surface area contributed by atoms with Gasteiger partial charge in [0.2, 0.25) is 0 Å². The van der Waals surface area contributed by atoms with Crippen molar-refractivity contribution in [1.29, 1.82) is 0 Å². The van der Waals surface area contributed by atoms with E-state index in [0.29, 0.717) is 0 Å². The average Bonchev–Trinajstić information content (AvgIpc) is 2.09. The maximum atomic E-state index is 10.8. The van der Waals surface area contributed by atoms with Gasteiger partial charge in [0, 0.05) is 5.02 Å². The van der Waals surface area contributed by atoms with Gasteiger partial charge >= 0.3 is 0 Å². The van der Waals surface area contributed by atoms with Crippen LogP contribution < -0.4 is 0 Å². The van der Waals surface area contributed by atoms with Gasteiger partial charge in [-0.05, 0) is 24.2 Å². The first-order valence-electron chi connectivity index (χ1n) is 4.41. The molecule has 0 fully saturated rings. The van der Waals surface area contributed by atoms with E-state index in [9.17, 15) is 8.42 Å². The summed E-state index contributed by atoms with van der Waals surface area (Å²) < 4.78 is 59.1. The smallest absolute Gasteiger partial charge is 0.282 e. The van der Waals surface area contributed by atoms with Crippen LogP contribution in [0.1, 0.15) is 5.48 Å². The summed E-state index contributed by atoms with van der Waals surface area (Å²) in [5, 5.41) is -0.489. The summed E-state index contributed by atoms with van der Waals surface area (Å²) in [5.74, 6) is 0. The monoisotopic (exact) mass is 196 g/mol. The lowest BCUT2D eigenvalue weighted by Gasteiger charge is -1.94. The fraction of sp³-hybridized carbons (Fsp3) is 0. The third kappa shape index (κ3) is 2.18. The second kappa shape index (κ2) is 2.81. The molecule has 11 heavy (non-hydrogen) atoms. The first-order chi connectivity index (χ1) is 6.68. The molecule has 0 amide bonds. The third-order valence-corrected chi connectivity index (χ3v) is 1.74. The van der Waals surface area contributed by atoms with Crippen LogP contribution in [0.15, 0.2) is 29.1 Å². The summed E-state index contributed by atoms with van der Waals surface area (Å²) >= 11 is 5.42. The van der Waals surface area contributed by atoms with Crippen molar-refractivity contribution in [2.45, 2.75) is 4.90 Å². The van der Waals surface area contributed by atoms with Gasteiger partial charge < -0.3 is 0 Å². The summed E-state index contributed by atoms with van der Waals surface area (Å²) in [7, 11) is -4.80. The summed E-state index contributed by atoms with van der Waals surface area (Å²) in [4.78, 5) is -1.07. The Morgan fingerprint density at radius 2 is 1.82 bits per heavy atom. The second-order valence-corrected chi connectivity index (χ2v) is 3.35. The standard InChI is InChI=1S/C6H5ClO3S/c7-5-1-3-6(4-2-5)11(8,9)10/h1-4H,(H,8,9,10)/i1D,2D,3D,4D. The summed E-state index contributed by atoms with van der Waals surface area (Å²) in [5.41, 5.74) is 0. The molecule has 0 unspecified atom stereocenters. The molecule has 0 heterocycles. The molecule has 0 bridgehead atoms. The van der Waals surface area contributed by atoms with Crippen LogP contribution in [0.3, 0.4) is 0 Å². The van der Waals surface area contributed by atoms with Gasteiger partial charge in [-0.15, -0.1) is 0 Å². The van der Waals surface area contributed by atoms with Crippen LogP contribution in [0, 0.1) is 0 Å². The van der Waals surface area contributed by atoms with Gasteiger partial charge in [-0.2, -0.15) is 8.42 Å². The molecule has 0 saturated heterocycles. The number of rotatable bonds is 1. The third-order valence-electron chi connectivity index (χ3n) is 0.830. The number of hydrogen-bond acceptors (Lipinski definition) is 2. The zero-order valence-corrected chi connectivity index (χ0v) is 6.62. The maximum Gasteiger partial charge on any atom is 0.294 e. The molecule has 0 atom stereocenters. The van der Waals surface area contributed by atoms with Crippen molar-refractivity contribution in [1.82, 2.24) is 0 Å². The molecule has 5 heteroatoms. The molecular weight excluding hydrogens is 188 g/mol. The minimum Gasteiger partial charge on any atom is -0.282 e. The van der Waals surface area contributed by atoms with Crippen LogP contribution in [0.2, 0.25) is 5.02 Å². The molecule has 60 valence electrons. The van der Waals surface area contributed by atoms with Crippen molar-refractivity contribution < 1.29 is 18.5 Å². The predicted octanol–water partition coefficient (Wildman–Crippen LogP) is 1.59. The molecule has 0 aliphatic rings. The maximum absolute atomic E-state index is 10.8. The SMILES string of the molecule is [2H]c1c([2H])c(S(=O)(=O)O)c([2H])c([2H])c1Cl. The Morgan fingerprint density at radius 3 is 2.18 bits per heavy atom. The molecule has 0 aromatic heterocycles. The Balaban J connectivity index is 3.84. The first-order valence-corrected chi connectivity index (χ1v) is 4.23. The van der Waals surface area contributed by atoms with Crippen molar-refractivity contribution >= 4 is 21.7 Å². The van der Waals surface area contributed by atoms with E-state index in [1.807, 2.05) is 0 Å². The zero-order chi connectivity index (χ0) is 12.0. The normalized spacial score (nSPS) is 16.5. The second-order valence-electron chi connectivity index (χ2n) is 1.62. The Kier molecular flexibility index (Phi) is 1.14. The van der Waals surface area contributed by atoms with Gasteiger partial charge in [0.15, 0.2) is 0 Å². The molecule has 0 aliphatic carbocycles. The molecule has 0 spiro atoms. The van der Waals surface area contributed by atoms with Crippen molar-refractivity contribution in [3.8, 4) is 0 Å². The fourth-order valence-electron chi connectivity index (χ4n) is 0.415. The van der Waals surface area contributed by atoms with E-state index in [1.54, 1.807) is 0 Å². The van der Waals surface area contributed by atoms with E-state index < -0.39 is 44.2 Å². The molecule has 1 rings (SSSR count). The van der Waals surface area contributed by atoms with E-state index in [0.717, 1.165) is 0 Å². The Bertz CT molecular complexity index is 499. The highest BCUT2D eigenvalue weighted by atomic mass is 35.5.